The first-order chi connectivity index (χ1) is 12.0. The highest BCUT2D eigenvalue weighted by Crippen LogP contribution is 2.32. The number of piperidine rings is 1. The summed E-state index contributed by atoms with van der Waals surface area (Å²) in [6, 6.07) is 3.60. The van der Waals surface area contributed by atoms with E-state index in [1.807, 2.05) is 23.6 Å². The summed E-state index contributed by atoms with van der Waals surface area (Å²) in [6.07, 6.45) is 2.00. The van der Waals surface area contributed by atoms with E-state index in [4.69, 9.17) is 0 Å². The summed E-state index contributed by atoms with van der Waals surface area (Å²) in [5, 5.41) is 13.8. The molecule has 2 atom stereocenters. The minimum absolute atomic E-state index is 0.0519. The normalized spacial score (nSPS) is 23.0. The van der Waals surface area contributed by atoms with Gasteiger partial charge in [0.2, 0.25) is 0 Å². The van der Waals surface area contributed by atoms with Crippen molar-refractivity contribution in [1.82, 2.24) is 30.2 Å². The molecule has 0 aromatic carbocycles. The molecule has 8 heteroatoms. The quantitative estimate of drug-likeness (QED) is 0.855. The highest BCUT2D eigenvalue weighted by molar-refractivity contribution is 5.94. The van der Waals surface area contributed by atoms with Crippen LogP contribution in [-0.4, -0.2) is 67.7 Å². The van der Waals surface area contributed by atoms with E-state index in [1.54, 1.807) is 12.1 Å². The summed E-state index contributed by atoms with van der Waals surface area (Å²) < 4.78 is 0. The Morgan fingerprint density at radius 2 is 1.68 bits per heavy atom. The maximum atomic E-state index is 12.8. The van der Waals surface area contributed by atoms with Gasteiger partial charge in [-0.25, -0.2) is 0 Å². The maximum Gasteiger partial charge on any atom is 0.274 e. The van der Waals surface area contributed by atoms with Crippen molar-refractivity contribution in [3.63, 3.8) is 0 Å². The minimum Gasteiger partial charge on any atom is -0.335 e. The number of aryl methyl sites for hydroxylation is 2. The van der Waals surface area contributed by atoms with Crippen molar-refractivity contribution < 1.29 is 9.59 Å². The topological polar surface area (TPSA) is 98.0 Å². The van der Waals surface area contributed by atoms with Crippen molar-refractivity contribution >= 4 is 11.8 Å². The number of likely N-dealkylation sites (tertiary alicyclic amines) is 2. The van der Waals surface area contributed by atoms with Crippen LogP contribution in [0.25, 0.3) is 0 Å². The van der Waals surface area contributed by atoms with E-state index in [2.05, 4.69) is 20.4 Å². The van der Waals surface area contributed by atoms with Crippen LogP contribution in [0.4, 0.5) is 0 Å². The Hall–Kier alpha value is -2.64. The number of hydrogen-bond donors (Lipinski definition) is 2. The molecule has 25 heavy (non-hydrogen) atoms. The number of aromatic nitrogens is 4. The standard InChI is InChI=1S/C17H22N6O2/c1-10-6-13(20-18-10)16(24)22-8-12-4-3-5-23(15(12)9-22)17(25)14-7-11(2)19-21-14/h6-7,12,15H,3-5,8-9H2,1-2H3,(H,18,20)(H,19,21)/t12-,15+/m0/s1. The van der Waals surface area contributed by atoms with Crippen molar-refractivity contribution in [2.45, 2.75) is 32.7 Å². The largest absolute Gasteiger partial charge is 0.335 e. The molecule has 4 heterocycles. The molecule has 2 aliphatic heterocycles. The van der Waals surface area contributed by atoms with Crippen LogP contribution in [0.5, 0.6) is 0 Å². The second-order valence-corrected chi connectivity index (χ2v) is 7.05. The summed E-state index contributed by atoms with van der Waals surface area (Å²) in [4.78, 5) is 29.2. The zero-order chi connectivity index (χ0) is 17.6. The van der Waals surface area contributed by atoms with Crippen LogP contribution in [-0.2, 0) is 0 Å². The monoisotopic (exact) mass is 342 g/mol. The molecular weight excluding hydrogens is 320 g/mol. The Bertz CT molecular complexity index is 810. The van der Waals surface area contributed by atoms with Gasteiger partial charge >= 0.3 is 0 Å². The van der Waals surface area contributed by atoms with Gasteiger partial charge in [-0.15, -0.1) is 0 Å². The Balaban J connectivity index is 1.52. The molecule has 0 bridgehead atoms. The van der Waals surface area contributed by atoms with E-state index >= 15 is 0 Å². The van der Waals surface area contributed by atoms with Crippen molar-refractivity contribution in [1.29, 1.82) is 0 Å². The fourth-order valence-corrected chi connectivity index (χ4v) is 3.96. The van der Waals surface area contributed by atoms with Gasteiger partial charge in [-0.05, 0) is 44.7 Å². The number of nitrogens with zero attached hydrogens (tertiary/aromatic N) is 4. The molecule has 2 amide bonds. The number of fused-ring (bicyclic) bond motifs is 1. The third-order valence-electron chi connectivity index (χ3n) is 5.18. The van der Waals surface area contributed by atoms with E-state index in [-0.39, 0.29) is 17.9 Å². The smallest absolute Gasteiger partial charge is 0.274 e. The molecule has 4 rings (SSSR count). The number of rotatable bonds is 2. The highest BCUT2D eigenvalue weighted by atomic mass is 16.2. The first-order valence-corrected chi connectivity index (χ1v) is 8.67. The van der Waals surface area contributed by atoms with Crippen LogP contribution in [0.1, 0.15) is 45.2 Å². The Kier molecular flexibility index (Phi) is 3.82. The third-order valence-corrected chi connectivity index (χ3v) is 5.18. The molecule has 8 nitrogen and oxygen atoms in total. The summed E-state index contributed by atoms with van der Waals surface area (Å²) in [5.74, 6) is 0.201. The lowest BCUT2D eigenvalue weighted by atomic mass is 9.92. The number of nitrogens with one attached hydrogen (secondary N) is 2. The number of carbonyl (C=O) groups excluding carboxylic acids is 2. The van der Waals surface area contributed by atoms with Gasteiger partial charge in [-0.2, -0.15) is 10.2 Å². The average molecular weight is 342 g/mol. The summed E-state index contributed by atoms with van der Waals surface area (Å²) in [5.41, 5.74) is 2.63. The molecule has 0 aliphatic carbocycles. The SMILES string of the molecule is Cc1cc(C(=O)N2C[C@@H]3CCCN(C(=O)c4cc(C)[nH]n4)[C@@H]3C2)n[nH]1. The number of aromatic amines is 2. The maximum absolute atomic E-state index is 12.8. The zero-order valence-electron chi connectivity index (χ0n) is 14.5. The summed E-state index contributed by atoms with van der Waals surface area (Å²) in [6.45, 7) is 5.71. The molecule has 0 spiro atoms. The molecule has 0 radical (unpaired) electrons. The molecule has 2 aromatic rings. The zero-order valence-corrected chi connectivity index (χ0v) is 14.5. The number of H-pyrrole nitrogens is 2. The Morgan fingerprint density at radius 1 is 1.04 bits per heavy atom. The van der Waals surface area contributed by atoms with Crippen LogP contribution >= 0.6 is 0 Å². The van der Waals surface area contributed by atoms with Gasteiger partial charge in [-0.1, -0.05) is 0 Å². The average Bonchev–Trinajstić information content (AvgIpc) is 3.32. The van der Waals surface area contributed by atoms with Crippen LogP contribution in [0.15, 0.2) is 12.1 Å². The Morgan fingerprint density at radius 3 is 2.28 bits per heavy atom. The second kappa shape index (κ2) is 6.02. The van der Waals surface area contributed by atoms with E-state index in [9.17, 15) is 9.59 Å². The second-order valence-electron chi connectivity index (χ2n) is 7.05. The van der Waals surface area contributed by atoms with Crippen LogP contribution in [0.2, 0.25) is 0 Å². The van der Waals surface area contributed by atoms with Crippen molar-refractivity contribution in [2.24, 2.45) is 5.92 Å². The number of hydrogen-bond acceptors (Lipinski definition) is 4. The van der Waals surface area contributed by atoms with E-state index in [0.717, 1.165) is 30.8 Å². The van der Waals surface area contributed by atoms with Gasteiger partial charge in [-0.3, -0.25) is 19.8 Å². The van der Waals surface area contributed by atoms with Crippen molar-refractivity contribution in [2.75, 3.05) is 19.6 Å². The van der Waals surface area contributed by atoms with Gasteiger partial charge in [0.1, 0.15) is 11.4 Å². The predicted octanol–water partition coefficient (Wildman–Crippen LogP) is 1.13. The fourth-order valence-electron chi connectivity index (χ4n) is 3.96. The van der Waals surface area contributed by atoms with Gasteiger partial charge in [0, 0.05) is 31.0 Å². The van der Waals surface area contributed by atoms with E-state index < -0.39 is 0 Å². The molecule has 0 unspecified atom stereocenters. The number of amides is 2. The molecule has 2 aliphatic rings. The van der Waals surface area contributed by atoms with Crippen LogP contribution < -0.4 is 0 Å². The summed E-state index contributed by atoms with van der Waals surface area (Å²) >= 11 is 0. The van der Waals surface area contributed by atoms with Crippen molar-refractivity contribution in [3.8, 4) is 0 Å². The lowest BCUT2D eigenvalue weighted by molar-refractivity contribution is 0.0558. The molecule has 0 saturated carbocycles. The molecule has 132 valence electrons. The van der Waals surface area contributed by atoms with Crippen LogP contribution in [0, 0.1) is 19.8 Å². The van der Waals surface area contributed by atoms with E-state index in [1.165, 1.54) is 0 Å². The fraction of sp³-hybridized carbons (Fsp3) is 0.529. The van der Waals surface area contributed by atoms with Gasteiger partial charge in [0.15, 0.2) is 0 Å². The molecular formula is C17H22N6O2. The third kappa shape index (κ3) is 2.81. The van der Waals surface area contributed by atoms with Crippen molar-refractivity contribution in [3.05, 3.63) is 34.9 Å². The van der Waals surface area contributed by atoms with Gasteiger partial charge in [0.05, 0.1) is 6.04 Å². The Labute approximate surface area is 145 Å². The molecule has 2 N–H and O–H groups in total. The summed E-state index contributed by atoms with van der Waals surface area (Å²) in [7, 11) is 0. The highest BCUT2D eigenvalue weighted by Gasteiger charge is 2.43. The first kappa shape index (κ1) is 15.9. The van der Waals surface area contributed by atoms with Gasteiger partial charge in [0.25, 0.3) is 11.8 Å². The number of carbonyl (C=O) groups is 2. The predicted molar refractivity (Wildman–Crippen MR) is 90.1 cm³/mol. The molecule has 2 saturated heterocycles. The molecule has 2 fully saturated rings. The lowest BCUT2D eigenvalue weighted by Gasteiger charge is -2.36. The van der Waals surface area contributed by atoms with Crippen LogP contribution in [0.3, 0.4) is 0 Å². The minimum atomic E-state index is -0.0678. The van der Waals surface area contributed by atoms with E-state index in [0.29, 0.717) is 30.4 Å². The first-order valence-electron chi connectivity index (χ1n) is 8.67. The molecule has 2 aromatic heterocycles. The van der Waals surface area contributed by atoms with Gasteiger partial charge < -0.3 is 9.80 Å². The lowest BCUT2D eigenvalue weighted by Crippen LogP contribution is -2.48.